The molecule has 5 aromatic rings. The van der Waals surface area contributed by atoms with Crippen molar-refractivity contribution in [3.05, 3.63) is 101 Å². The number of para-hydroxylation sites is 1. The largest absolute Gasteiger partial charge is 0.339 e. The lowest BCUT2D eigenvalue weighted by atomic mass is 10.1. The average Bonchev–Trinajstić information content (AvgIpc) is 3.47. The number of hydrogen-bond donors (Lipinski definition) is 1. The highest BCUT2D eigenvalue weighted by molar-refractivity contribution is 7.13. The van der Waals surface area contributed by atoms with Gasteiger partial charge in [0.2, 0.25) is 11.7 Å². The summed E-state index contributed by atoms with van der Waals surface area (Å²) in [6.07, 6.45) is 0.437. The zero-order valence-corrected chi connectivity index (χ0v) is 16.7. The number of amides is 1. The number of hydrogen-bond acceptors (Lipinski definition) is 5. The summed E-state index contributed by atoms with van der Waals surface area (Å²) in [5.41, 5.74) is 2.25. The van der Waals surface area contributed by atoms with Gasteiger partial charge in [0.1, 0.15) is 0 Å². The molecule has 0 spiro atoms. The molecule has 0 aliphatic carbocycles. The van der Waals surface area contributed by atoms with E-state index >= 15 is 0 Å². The van der Waals surface area contributed by atoms with E-state index in [1.165, 1.54) is 0 Å². The van der Waals surface area contributed by atoms with Gasteiger partial charge in [0, 0.05) is 11.3 Å². The lowest BCUT2D eigenvalue weighted by Crippen LogP contribution is -2.13. The predicted octanol–water partition coefficient (Wildman–Crippen LogP) is 5.79. The van der Waals surface area contributed by atoms with E-state index in [-0.39, 0.29) is 5.91 Å². The van der Waals surface area contributed by atoms with Crippen LogP contribution in [0.5, 0.6) is 0 Å². The van der Waals surface area contributed by atoms with Crippen molar-refractivity contribution in [3.63, 3.8) is 0 Å². The Labute approximate surface area is 177 Å². The number of rotatable bonds is 5. The first kappa shape index (κ1) is 18.3. The van der Waals surface area contributed by atoms with Crippen molar-refractivity contribution in [2.45, 2.75) is 6.42 Å². The highest BCUT2D eigenvalue weighted by Gasteiger charge is 2.14. The minimum atomic E-state index is -0.155. The number of nitrogens with one attached hydrogen (secondary N) is 1. The summed E-state index contributed by atoms with van der Waals surface area (Å²) in [6, 6.07) is 25.2. The fraction of sp³-hybridized carbons (Fsp3) is 0.0417. The van der Waals surface area contributed by atoms with E-state index in [1.807, 2.05) is 84.2 Å². The van der Waals surface area contributed by atoms with Gasteiger partial charge in [0.25, 0.3) is 5.91 Å². The predicted molar refractivity (Wildman–Crippen MR) is 119 cm³/mol. The SMILES string of the molecule is O=C(Nc1ccccc1Cc1nc(-c2cccs2)no1)c1ccc2ccccc2c1. The van der Waals surface area contributed by atoms with E-state index in [0.29, 0.717) is 23.7 Å². The van der Waals surface area contributed by atoms with Crippen LogP contribution in [-0.2, 0) is 6.42 Å². The van der Waals surface area contributed by atoms with Crippen LogP contribution < -0.4 is 5.32 Å². The van der Waals surface area contributed by atoms with Crippen LogP contribution in [0.2, 0.25) is 0 Å². The highest BCUT2D eigenvalue weighted by atomic mass is 32.1. The zero-order chi connectivity index (χ0) is 20.3. The van der Waals surface area contributed by atoms with Gasteiger partial charge in [-0.2, -0.15) is 4.98 Å². The number of fused-ring (bicyclic) bond motifs is 1. The Morgan fingerprint density at radius 2 is 1.77 bits per heavy atom. The van der Waals surface area contributed by atoms with E-state index in [9.17, 15) is 4.79 Å². The molecule has 1 N–H and O–H groups in total. The maximum atomic E-state index is 12.9. The number of aromatic nitrogens is 2. The lowest BCUT2D eigenvalue weighted by Gasteiger charge is -2.10. The van der Waals surface area contributed by atoms with Crippen molar-refractivity contribution in [2.24, 2.45) is 0 Å². The number of thiophene rings is 1. The van der Waals surface area contributed by atoms with E-state index in [2.05, 4.69) is 15.5 Å². The van der Waals surface area contributed by atoms with Gasteiger partial charge in [0.15, 0.2) is 0 Å². The van der Waals surface area contributed by atoms with Gasteiger partial charge in [-0.15, -0.1) is 11.3 Å². The van der Waals surface area contributed by atoms with Crippen molar-refractivity contribution in [1.29, 1.82) is 0 Å². The summed E-state index contributed by atoms with van der Waals surface area (Å²) in [5.74, 6) is 0.932. The van der Waals surface area contributed by atoms with Crippen LogP contribution >= 0.6 is 11.3 Å². The van der Waals surface area contributed by atoms with Gasteiger partial charge < -0.3 is 9.84 Å². The van der Waals surface area contributed by atoms with Crippen molar-refractivity contribution >= 4 is 33.7 Å². The van der Waals surface area contributed by atoms with Gasteiger partial charge in [-0.3, -0.25) is 4.79 Å². The molecule has 1 amide bonds. The van der Waals surface area contributed by atoms with Gasteiger partial charge in [-0.1, -0.05) is 59.8 Å². The molecule has 0 bridgehead atoms. The fourth-order valence-corrected chi connectivity index (χ4v) is 3.97. The second-order valence-electron chi connectivity index (χ2n) is 6.84. The number of carbonyl (C=O) groups excluding carboxylic acids is 1. The lowest BCUT2D eigenvalue weighted by molar-refractivity contribution is 0.102. The van der Waals surface area contributed by atoms with Gasteiger partial charge in [0.05, 0.1) is 11.3 Å². The van der Waals surface area contributed by atoms with E-state index < -0.39 is 0 Å². The van der Waals surface area contributed by atoms with Crippen LogP contribution in [0, 0.1) is 0 Å². The number of anilines is 1. The van der Waals surface area contributed by atoms with E-state index in [0.717, 1.165) is 26.9 Å². The van der Waals surface area contributed by atoms with Crippen LogP contribution in [0.1, 0.15) is 21.8 Å². The molecule has 0 saturated heterocycles. The third kappa shape index (κ3) is 3.73. The van der Waals surface area contributed by atoms with Gasteiger partial charge in [-0.25, -0.2) is 0 Å². The van der Waals surface area contributed by atoms with E-state index in [1.54, 1.807) is 11.3 Å². The molecule has 0 aliphatic heterocycles. The summed E-state index contributed by atoms with van der Waals surface area (Å²) < 4.78 is 5.42. The number of nitrogens with zero attached hydrogens (tertiary/aromatic N) is 2. The summed E-state index contributed by atoms with van der Waals surface area (Å²) in [6.45, 7) is 0. The molecule has 0 atom stereocenters. The van der Waals surface area contributed by atoms with Crippen LogP contribution in [-0.4, -0.2) is 16.0 Å². The zero-order valence-electron chi connectivity index (χ0n) is 15.9. The maximum Gasteiger partial charge on any atom is 0.255 e. The first-order chi connectivity index (χ1) is 14.8. The third-order valence-electron chi connectivity index (χ3n) is 4.83. The summed E-state index contributed by atoms with van der Waals surface area (Å²) in [4.78, 5) is 18.3. The second-order valence-corrected chi connectivity index (χ2v) is 7.79. The minimum absolute atomic E-state index is 0.155. The quantitative estimate of drug-likeness (QED) is 0.397. The Balaban J connectivity index is 1.37. The topological polar surface area (TPSA) is 68.0 Å². The standard InChI is InChI=1S/C24H17N3O2S/c28-24(19-12-11-16-6-1-2-7-17(16)14-19)25-20-9-4-3-8-18(20)15-22-26-23(27-29-22)21-10-5-13-30-21/h1-14H,15H2,(H,25,28). The fourth-order valence-electron chi connectivity index (χ4n) is 3.32. The minimum Gasteiger partial charge on any atom is -0.339 e. The third-order valence-corrected chi connectivity index (χ3v) is 5.69. The van der Waals surface area contributed by atoms with Crippen molar-refractivity contribution in [3.8, 4) is 10.7 Å². The molecular weight excluding hydrogens is 394 g/mol. The molecule has 3 aromatic carbocycles. The Kier molecular flexibility index (Phi) is 4.83. The average molecular weight is 411 g/mol. The molecule has 2 heterocycles. The monoisotopic (exact) mass is 411 g/mol. The molecule has 0 unspecified atom stereocenters. The van der Waals surface area contributed by atoms with Crippen molar-refractivity contribution in [2.75, 3.05) is 5.32 Å². The van der Waals surface area contributed by atoms with Crippen LogP contribution in [0.4, 0.5) is 5.69 Å². The molecule has 30 heavy (non-hydrogen) atoms. The molecule has 5 rings (SSSR count). The molecular formula is C24H17N3O2S. The molecule has 146 valence electrons. The summed E-state index contributed by atoms with van der Waals surface area (Å²) in [5, 5.41) is 11.2. The summed E-state index contributed by atoms with van der Waals surface area (Å²) in [7, 11) is 0. The van der Waals surface area contributed by atoms with Gasteiger partial charge >= 0.3 is 0 Å². The van der Waals surface area contributed by atoms with E-state index in [4.69, 9.17) is 4.52 Å². The summed E-state index contributed by atoms with van der Waals surface area (Å²) >= 11 is 1.56. The number of carbonyl (C=O) groups is 1. The molecule has 6 heteroatoms. The molecule has 0 radical (unpaired) electrons. The van der Waals surface area contributed by atoms with Gasteiger partial charge in [-0.05, 0) is 46.0 Å². The van der Waals surface area contributed by atoms with Crippen LogP contribution in [0.25, 0.3) is 21.5 Å². The Hall–Kier alpha value is -3.77. The molecule has 0 fully saturated rings. The van der Waals surface area contributed by atoms with Crippen LogP contribution in [0.15, 0.2) is 88.8 Å². The van der Waals surface area contributed by atoms with Crippen molar-refractivity contribution < 1.29 is 9.32 Å². The molecule has 0 aliphatic rings. The molecule has 2 aromatic heterocycles. The smallest absolute Gasteiger partial charge is 0.255 e. The Morgan fingerprint density at radius 1 is 0.933 bits per heavy atom. The first-order valence-electron chi connectivity index (χ1n) is 9.51. The highest BCUT2D eigenvalue weighted by Crippen LogP contribution is 2.24. The molecule has 0 saturated carbocycles. The Bertz CT molecular complexity index is 1330. The maximum absolute atomic E-state index is 12.9. The Morgan fingerprint density at radius 3 is 2.63 bits per heavy atom. The second kappa shape index (κ2) is 7.93. The normalized spacial score (nSPS) is 10.9. The first-order valence-corrected chi connectivity index (χ1v) is 10.4. The number of benzene rings is 3. The van der Waals surface area contributed by atoms with Crippen molar-refractivity contribution in [1.82, 2.24) is 10.1 Å². The molecule has 5 nitrogen and oxygen atoms in total. The van der Waals surface area contributed by atoms with Crippen LogP contribution in [0.3, 0.4) is 0 Å².